The summed E-state index contributed by atoms with van der Waals surface area (Å²) in [4.78, 5) is 0. The van der Waals surface area contributed by atoms with Gasteiger partial charge in [-0.15, -0.1) is 0 Å². The molecule has 90 valence electrons. The molecule has 0 aromatic rings. The maximum absolute atomic E-state index is 6.22. The highest BCUT2D eigenvalue weighted by Gasteiger charge is 2.32. The van der Waals surface area contributed by atoms with Crippen molar-refractivity contribution < 1.29 is 4.74 Å². The smallest absolute Gasteiger partial charge is 0.0779 e. The van der Waals surface area contributed by atoms with Gasteiger partial charge in [0.1, 0.15) is 0 Å². The summed E-state index contributed by atoms with van der Waals surface area (Å²) < 4.78 is 6.22. The Morgan fingerprint density at radius 3 is 2.20 bits per heavy atom. The lowest BCUT2D eigenvalue weighted by atomic mass is 9.86. The van der Waals surface area contributed by atoms with Gasteiger partial charge >= 0.3 is 0 Å². The van der Waals surface area contributed by atoms with Crippen LogP contribution >= 0.6 is 15.9 Å². The van der Waals surface area contributed by atoms with Crippen LogP contribution in [0.4, 0.5) is 0 Å². The van der Waals surface area contributed by atoms with Crippen LogP contribution < -0.4 is 0 Å². The van der Waals surface area contributed by atoms with Gasteiger partial charge in [-0.2, -0.15) is 0 Å². The van der Waals surface area contributed by atoms with E-state index in [2.05, 4.69) is 29.8 Å². The molecule has 0 saturated heterocycles. The second-order valence-corrected chi connectivity index (χ2v) is 5.43. The number of ether oxygens (including phenoxy) is 1. The Morgan fingerprint density at radius 2 is 1.73 bits per heavy atom. The average Bonchev–Trinajstić information content (AvgIpc) is 2.31. The largest absolute Gasteiger partial charge is 0.374 e. The third-order valence-electron chi connectivity index (χ3n) is 3.79. The monoisotopic (exact) mass is 276 g/mol. The number of halogens is 1. The summed E-state index contributed by atoms with van der Waals surface area (Å²) in [5.41, 5.74) is 0.167. The van der Waals surface area contributed by atoms with Crippen LogP contribution in [0.5, 0.6) is 0 Å². The summed E-state index contributed by atoms with van der Waals surface area (Å²) in [6, 6.07) is 0. The average molecular weight is 277 g/mol. The Morgan fingerprint density at radius 1 is 1.13 bits per heavy atom. The molecule has 0 heterocycles. The lowest BCUT2D eigenvalue weighted by Gasteiger charge is -2.36. The van der Waals surface area contributed by atoms with Crippen molar-refractivity contribution >= 4 is 15.9 Å². The van der Waals surface area contributed by atoms with Gasteiger partial charge in [-0.05, 0) is 18.8 Å². The van der Waals surface area contributed by atoms with E-state index in [4.69, 9.17) is 4.74 Å². The minimum absolute atomic E-state index is 0.167. The molecule has 0 unspecified atom stereocenters. The number of hydrogen-bond donors (Lipinski definition) is 0. The number of hydrogen-bond acceptors (Lipinski definition) is 1. The van der Waals surface area contributed by atoms with Crippen LogP contribution in [0.1, 0.15) is 58.8 Å². The first kappa shape index (κ1) is 13.5. The molecule has 0 atom stereocenters. The Hall–Kier alpha value is 0.440. The van der Waals surface area contributed by atoms with E-state index >= 15 is 0 Å². The Labute approximate surface area is 103 Å². The van der Waals surface area contributed by atoms with Crippen molar-refractivity contribution in [2.24, 2.45) is 5.92 Å². The van der Waals surface area contributed by atoms with Crippen LogP contribution in [0.15, 0.2) is 0 Å². The maximum atomic E-state index is 6.22. The van der Waals surface area contributed by atoms with Gasteiger partial charge in [0.2, 0.25) is 0 Å². The second-order valence-electron chi connectivity index (χ2n) is 4.87. The van der Waals surface area contributed by atoms with E-state index in [0.717, 1.165) is 17.9 Å². The van der Waals surface area contributed by atoms with Crippen LogP contribution in [0.2, 0.25) is 0 Å². The van der Waals surface area contributed by atoms with Gasteiger partial charge in [0.25, 0.3) is 0 Å². The van der Waals surface area contributed by atoms with E-state index in [1.807, 2.05) is 0 Å². The fourth-order valence-corrected chi connectivity index (χ4v) is 3.05. The molecule has 15 heavy (non-hydrogen) atoms. The third kappa shape index (κ3) is 4.07. The molecule has 1 rings (SSSR count). The molecular weight excluding hydrogens is 252 g/mol. The van der Waals surface area contributed by atoms with E-state index in [9.17, 15) is 0 Å². The molecule has 1 nitrogen and oxygen atoms in total. The predicted molar refractivity (Wildman–Crippen MR) is 69.6 cm³/mol. The van der Waals surface area contributed by atoms with Crippen LogP contribution in [0.25, 0.3) is 0 Å². The fraction of sp³-hybridized carbons (Fsp3) is 1.00. The highest BCUT2D eigenvalue weighted by molar-refractivity contribution is 9.09. The Balaban J connectivity index is 2.38. The summed E-state index contributed by atoms with van der Waals surface area (Å²) >= 11 is 3.64. The van der Waals surface area contributed by atoms with Crippen molar-refractivity contribution in [3.05, 3.63) is 0 Å². The van der Waals surface area contributed by atoms with Crippen molar-refractivity contribution in [1.29, 1.82) is 0 Å². The third-order valence-corrected chi connectivity index (χ3v) is 4.81. The number of alkyl halides is 1. The van der Waals surface area contributed by atoms with Crippen LogP contribution in [-0.4, -0.2) is 17.5 Å². The predicted octanol–water partition coefficient (Wildman–Crippen LogP) is 4.54. The SMILES string of the molecule is CCC(CC)COC1(CBr)CCCCC1. The van der Waals surface area contributed by atoms with Crippen LogP contribution in [0.3, 0.4) is 0 Å². The van der Waals surface area contributed by atoms with Gasteiger partial charge < -0.3 is 4.74 Å². The minimum Gasteiger partial charge on any atom is -0.374 e. The molecule has 2 heteroatoms. The summed E-state index contributed by atoms with van der Waals surface area (Å²) in [6.07, 6.45) is 9.06. The molecule has 0 aromatic carbocycles. The van der Waals surface area contributed by atoms with Gasteiger partial charge in [0.15, 0.2) is 0 Å². The van der Waals surface area contributed by atoms with E-state index in [-0.39, 0.29) is 5.60 Å². The lowest BCUT2D eigenvalue weighted by molar-refractivity contribution is -0.0667. The van der Waals surface area contributed by atoms with Gasteiger partial charge in [0.05, 0.1) is 12.2 Å². The van der Waals surface area contributed by atoms with E-state index < -0.39 is 0 Å². The minimum atomic E-state index is 0.167. The van der Waals surface area contributed by atoms with E-state index in [1.54, 1.807) is 0 Å². The van der Waals surface area contributed by atoms with Crippen molar-refractivity contribution in [2.75, 3.05) is 11.9 Å². The standard InChI is InChI=1S/C13H25BrO/c1-3-12(4-2)10-15-13(11-14)8-6-5-7-9-13/h12H,3-11H2,1-2H3. The van der Waals surface area contributed by atoms with Crippen molar-refractivity contribution in [3.8, 4) is 0 Å². The molecule has 1 saturated carbocycles. The van der Waals surface area contributed by atoms with Gasteiger partial charge in [-0.25, -0.2) is 0 Å². The molecule has 0 aromatic heterocycles. The molecule has 1 aliphatic carbocycles. The van der Waals surface area contributed by atoms with Crippen LogP contribution in [0, 0.1) is 5.92 Å². The lowest BCUT2D eigenvalue weighted by Crippen LogP contribution is -2.38. The molecular formula is C13H25BrO. The fourth-order valence-electron chi connectivity index (χ4n) is 2.33. The molecule has 0 bridgehead atoms. The summed E-state index contributed by atoms with van der Waals surface area (Å²) in [7, 11) is 0. The van der Waals surface area contributed by atoms with Crippen molar-refractivity contribution in [2.45, 2.75) is 64.4 Å². The van der Waals surface area contributed by atoms with Gasteiger partial charge in [-0.3, -0.25) is 0 Å². The summed E-state index contributed by atoms with van der Waals surface area (Å²) in [6.45, 7) is 5.48. The highest BCUT2D eigenvalue weighted by atomic mass is 79.9. The molecule has 0 spiro atoms. The normalized spacial score (nSPS) is 20.8. The van der Waals surface area contributed by atoms with Gasteiger partial charge in [-0.1, -0.05) is 61.9 Å². The molecule has 0 N–H and O–H groups in total. The molecule has 0 amide bonds. The Bertz CT molecular complexity index is 160. The highest BCUT2D eigenvalue weighted by Crippen LogP contribution is 2.33. The van der Waals surface area contributed by atoms with E-state index in [1.165, 1.54) is 44.9 Å². The zero-order chi connectivity index (χ0) is 11.1. The molecule has 1 aliphatic rings. The Kier molecular flexibility index (Phi) is 6.21. The first-order valence-corrected chi connectivity index (χ1v) is 7.58. The van der Waals surface area contributed by atoms with Gasteiger partial charge in [0, 0.05) is 5.33 Å². The zero-order valence-electron chi connectivity index (χ0n) is 10.2. The van der Waals surface area contributed by atoms with Crippen LogP contribution in [-0.2, 0) is 4.74 Å². The molecule has 0 aliphatic heterocycles. The quantitative estimate of drug-likeness (QED) is 0.648. The summed E-state index contributed by atoms with van der Waals surface area (Å²) in [5.74, 6) is 0.753. The zero-order valence-corrected chi connectivity index (χ0v) is 11.8. The van der Waals surface area contributed by atoms with Crippen molar-refractivity contribution in [1.82, 2.24) is 0 Å². The first-order chi connectivity index (χ1) is 7.26. The molecule has 1 fully saturated rings. The molecule has 0 radical (unpaired) electrons. The summed E-state index contributed by atoms with van der Waals surface area (Å²) in [5, 5.41) is 1.01. The second kappa shape index (κ2) is 6.90. The van der Waals surface area contributed by atoms with Crippen molar-refractivity contribution in [3.63, 3.8) is 0 Å². The maximum Gasteiger partial charge on any atom is 0.0779 e. The first-order valence-electron chi connectivity index (χ1n) is 6.46. The number of rotatable bonds is 6. The van der Waals surface area contributed by atoms with E-state index in [0.29, 0.717) is 0 Å². The topological polar surface area (TPSA) is 9.23 Å².